The van der Waals surface area contributed by atoms with E-state index in [-0.39, 0.29) is 49.6 Å². The molecular formula is C49H73N9O11. The molecule has 4 rings (SSSR count). The van der Waals surface area contributed by atoms with Crippen molar-refractivity contribution in [2.24, 2.45) is 0 Å². The SMILES string of the molecule is CCOc1cccc(OC)c1-c1cc(C=O)nn1-c1ccc(C(=O)N(C)CCCCN(C)CCCN(C)C(=O)CN2CCN(CC(=O)O)CCN(CC(=O)O)CCN(CC(=O)O)CC2)cc1C(C)C. The Balaban J connectivity index is 1.29. The highest BCUT2D eigenvalue weighted by atomic mass is 16.5. The number of carboxylic acid groups (broad SMARTS) is 3. The molecule has 2 aromatic carbocycles. The molecule has 0 atom stereocenters. The van der Waals surface area contributed by atoms with Crippen LogP contribution in [-0.2, 0) is 19.2 Å². The molecule has 1 fully saturated rings. The average molecular weight is 964 g/mol. The van der Waals surface area contributed by atoms with Crippen molar-refractivity contribution in [2.75, 3.05) is 140 Å². The molecule has 1 aromatic heterocycles. The average Bonchev–Trinajstić information content (AvgIpc) is 3.74. The van der Waals surface area contributed by atoms with Crippen molar-refractivity contribution >= 4 is 36.0 Å². The van der Waals surface area contributed by atoms with Crippen molar-refractivity contribution in [3.8, 4) is 28.4 Å². The van der Waals surface area contributed by atoms with Gasteiger partial charge in [0.15, 0.2) is 6.29 Å². The van der Waals surface area contributed by atoms with Crippen LogP contribution in [0.2, 0.25) is 0 Å². The lowest BCUT2D eigenvalue weighted by Crippen LogP contribution is -2.50. The molecule has 0 saturated carbocycles. The number of aliphatic carboxylic acids is 3. The lowest BCUT2D eigenvalue weighted by Gasteiger charge is -2.33. The Kier molecular flexibility index (Phi) is 22.5. The van der Waals surface area contributed by atoms with Crippen molar-refractivity contribution in [1.82, 2.24) is 44.1 Å². The Morgan fingerprint density at radius 1 is 0.696 bits per heavy atom. The first-order valence-electron chi connectivity index (χ1n) is 23.7. The highest BCUT2D eigenvalue weighted by Gasteiger charge is 2.25. The lowest BCUT2D eigenvalue weighted by molar-refractivity contribution is -0.140. The highest BCUT2D eigenvalue weighted by molar-refractivity contribution is 5.94. The van der Waals surface area contributed by atoms with Gasteiger partial charge in [0.2, 0.25) is 5.91 Å². The van der Waals surface area contributed by atoms with Crippen LogP contribution in [0.1, 0.15) is 72.4 Å². The molecule has 1 aliphatic heterocycles. The zero-order chi connectivity index (χ0) is 50.6. The lowest BCUT2D eigenvalue weighted by atomic mass is 9.97. The number of carboxylic acids is 3. The van der Waals surface area contributed by atoms with Crippen LogP contribution in [0.25, 0.3) is 16.9 Å². The summed E-state index contributed by atoms with van der Waals surface area (Å²) in [5, 5.41) is 33.1. The molecule has 1 saturated heterocycles. The fourth-order valence-corrected chi connectivity index (χ4v) is 8.33. The van der Waals surface area contributed by atoms with Crippen LogP contribution in [0, 0.1) is 0 Å². The Morgan fingerprint density at radius 3 is 1.71 bits per heavy atom. The van der Waals surface area contributed by atoms with Gasteiger partial charge in [-0.3, -0.25) is 48.4 Å². The number of amides is 2. The molecule has 3 aromatic rings. The van der Waals surface area contributed by atoms with Gasteiger partial charge in [-0.25, -0.2) is 4.68 Å². The summed E-state index contributed by atoms with van der Waals surface area (Å²) in [6.45, 7) is 11.1. The maximum atomic E-state index is 13.8. The smallest absolute Gasteiger partial charge is 0.317 e. The minimum absolute atomic E-state index is 0.0133. The number of hydrogen-bond donors (Lipinski definition) is 3. The standard InChI is InChI=1S/C49H73N9O11/c1-8-69-43-14-11-13-42(68-7)48(43)41-30-38(35-59)50-58(41)40-16-15-37(29-39(40)36(2)3)49(67)53(6)19-10-9-17-51(4)18-12-20-52(5)44(60)31-54-21-23-55(32-45(61)62)25-27-57(34-47(65)66)28-26-56(24-22-54)33-46(63)64/h11,13-16,29-30,35-36H,8-10,12,17-28,31-34H2,1-7H3,(H,61,62)(H,63,64)(H,65,66). The van der Waals surface area contributed by atoms with Crippen LogP contribution in [-0.4, -0.2) is 235 Å². The maximum Gasteiger partial charge on any atom is 0.317 e. The zero-order valence-corrected chi connectivity index (χ0v) is 41.5. The first-order chi connectivity index (χ1) is 32.9. The third kappa shape index (κ3) is 17.5. The minimum Gasteiger partial charge on any atom is -0.496 e. The number of carbonyl (C=O) groups is 6. The molecule has 0 radical (unpaired) electrons. The van der Waals surface area contributed by atoms with Crippen LogP contribution >= 0.6 is 0 Å². The zero-order valence-electron chi connectivity index (χ0n) is 41.5. The van der Waals surface area contributed by atoms with E-state index in [0.29, 0.717) is 107 Å². The van der Waals surface area contributed by atoms with Gasteiger partial charge < -0.3 is 39.5 Å². The molecule has 0 spiro atoms. The van der Waals surface area contributed by atoms with Crippen molar-refractivity contribution < 1.29 is 53.6 Å². The van der Waals surface area contributed by atoms with Gasteiger partial charge in [-0.15, -0.1) is 0 Å². The molecule has 69 heavy (non-hydrogen) atoms. The second-order valence-electron chi connectivity index (χ2n) is 17.9. The Hall–Kier alpha value is -5.93. The van der Waals surface area contributed by atoms with Crippen LogP contribution in [0.4, 0.5) is 0 Å². The molecule has 0 aliphatic carbocycles. The van der Waals surface area contributed by atoms with E-state index in [1.165, 1.54) is 0 Å². The molecule has 0 unspecified atom stereocenters. The molecule has 20 nitrogen and oxygen atoms in total. The van der Waals surface area contributed by atoms with E-state index in [9.17, 15) is 44.1 Å². The van der Waals surface area contributed by atoms with Gasteiger partial charge in [0.05, 0.1) is 56.8 Å². The fraction of sp³-hybridized carbons (Fsp3) is 0.571. The number of benzene rings is 2. The van der Waals surface area contributed by atoms with Crippen LogP contribution in [0.5, 0.6) is 11.5 Å². The number of aromatic nitrogens is 2. The van der Waals surface area contributed by atoms with Crippen molar-refractivity contribution in [3.05, 3.63) is 59.3 Å². The van der Waals surface area contributed by atoms with Gasteiger partial charge >= 0.3 is 17.9 Å². The van der Waals surface area contributed by atoms with Crippen LogP contribution in [0.3, 0.4) is 0 Å². The van der Waals surface area contributed by atoms with Gasteiger partial charge in [0.25, 0.3) is 5.91 Å². The van der Waals surface area contributed by atoms with E-state index < -0.39 is 17.9 Å². The van der Waals surface area contributed by atoms with Gasteiger partial charge in [-0.1, -0.05) is 19.9 Å². The summed E-state index contributed by atoms with van der Waals surface area (Å²) in [4.78, 5) is 86.7. The molecular weight excluding hydrogens is 891 g/mol. The number of aldehydes is 1. The number of ether oxygens (including phenoxy) is 2. The quantitative estimate of drug-likeness (QED) is 0.0821. The molecule has 0 bridgehead atoms. The van der Waals surface area contributed by atoms with Crippen molar-refractivity contribution in [2.45, 2.75) is 46.0 Å². The number of likely N-dealkylation sites (N-methyl/N-ethyl adjacent to an activating group) is 1. The van der Waals surface area contributed by atoms with Gasteiger partial charge in [-0.2, -0.15) is 5.10 Å². The van der Waals surface area contributed by atoms with E-state index in [1.54, 1.807) is 62.5 Å². The van der Waals surface area contributed by atoms with E-state index in [1.807, 2.05) is 63.1 Å². The second-order valence-corrected chi connectivity index (χ2v) is 17.9. The molecule has 2 heterocycles. The third-order valence-electron chi connectivity index (χ3n) is 12.2. The van der Waals surface area contributed by atoms with Gasteiger partial charge in [-0.05, 0) is 94.2 Å². The molecule has 20 heteroatoms. The van der Waals surface area contributed by atoms with Crippen LogP contribution in [0.15, 0.2) is 42.5 Å². The van der Waals surface area contributed by atoms with Crippen LogP contribution < -0.4 is 9.47 Å². The topological polar surface area (TPSA) is 222 Å². The highest BCUT2D eigenvalue weighted by Crippen LogP contribution is 2.40. The van der Waals surface area contributed by atoms with Crippen molar-refractivity contribution in [1.29, 1.82) is 0 Å². The van der Waals surface area contributed by atoms with E-state index >= 15 is 0 Å². The van der Waals surface area contributed by atoms with Crippen molar-refractivity contribution in [3.63, 3.8) is 0 Å². The molecule has 3 N–H and O–H groups in total. The third-order valence-corrected chi connectivity index (χ3v) is 12.2. The number of unbranched alkanes of at least 4 members (excludes halogenated alkanes) is 1. The normalized spacial score (nSPS) is 14.8. The largest absolute Gasteiger partial charge is 0.496 e. The molecule has 1 aliphatic rings. The number of nitrogens with zero attached hydrogens (tertiary/aromatic N) is 9. The maximum absolute atomic E-state index is 13.8. The first kappa shape index (κ1) is 55.7. The fourth-order valence-electron chi connectivity index (χ4n) is 8.33. The Morgan fingerprint density at radius 2 is 1.20 bits per heavy atom. The second kappa shape index (κ2) is 27.9. The summed E-state index contributed by atoms with van der Waals surface area (Å²) < 4.78 is 13.4. The summed E-state index contributed by atoms with van der Waals surface area (Å²) in [5.74, 6) is -2.05. The summed E-state index contributed by atoms with van der Waals surface area (Å²) in [5.41, 5.74) is 3.69. The number of hydrogen-bond acceptors (Lipinski definition) is 14. The van der Waals surface area contributed by atoms with E-state index in [0.717, 1.165) is 43.6 Å². The monoisotopic (exact) mass is 964 g/mol. The van der Waals surface area contributed by atoms with E-state index in [2.05, 4.69) is 10.00 Å². The molecule has 2 amide bonds. The van der Waals surface area contributed by atoms with Gasteiger partial charge in [0.1, 0.15) is 17.2 Å². The Labute approximate surface area is 405 Å². The number of rotatable bonds is 25. The summed E-state index contributed by atoms with van der Waals surface area (Å²) in [6, 6.07) is 12.8. The minimum atomic E-state index is -1.02. The summed E-state index contributed by atoms with van der Waals surface area (Å²) in [7, 11) is 7.17. The van der Waals surface area contributed by atoms with Gasteiger partial charge in [0, 0.05) is 85.1 Å². The number of methoxy groups -OCH3 is 1. The Bertz CT molecular complexity index is 2150. The first-order valence-corrected chi connectivity index (χ1v) is 23.7. The van der Waals surface area contributed by atoms with E-state index in [4.69, 9.17) is 9.47 Å². The predicted octanol–water partition coefficient (Wildman–Crippen LogP) is 2.99. The summed E-state index contributed by atoms with van der Waals surface area (Å²) in [6.07, 6.45) is 3.09. The summed E-state index contributed by atoms with van der Waals surface area (Å²) >= 11 is 0. The number of carbonyl (C=O) groups excluding carboxylic acids is 3. The molecule has 380 valence electrons. The predicted molar refractivity (Wildman–Crippen MR) is 261 cm³/mol.